The van der Waals surface area contributed by atoms with Crippen LogP contribution in [0.2, 0.25) is 0 Å². The molecule has 0 saturated carbocycles. The van der Waals surface area contributed by atoms with Crippen molar-refractivity contribution in [1.29, 1.82) is 0 Å². The predicted molar refractivity (Wildman–Crippen MR) is 57.4 cm³/mol. The van der Waals surface area contributed by atoms with Crippen LogP contribution in [-0.4, -0.2) is 23.0 Å². The van der Waals surface area contributed by atoms with Gasteiger partial charge in [-0.1, -0.05) is 11.2 Å². The van der Waals surface area contributed by atoms with Gasteiger partial charge in [0.05, 0.1) is 12.1 Å². The Bertz CT molecular complexity index is 416. The summed E-state index contributed by atoms with van der Waals surface area (Å²) >= 11 is 1.52. The summed E-state index contributed by atoms with van der Waals surface area (Å²) in [7, 11) is 0. The van der Waals surface area contributed by atoms with Gasteiger partial charge in [0.1, 0.15) is 0 Å². The average molecular weight is 245 g/mol. The van der Waals surface area contributed by atoms with Gasteiger partial charge >= 0.3 is 12.2 Å². The van der Waals surface area contributed by atoms with Crippen LogP contribution in [0.1, 0.15) is 11.3 Å². The monoisotopic (exact) mass is 245 g/mol. The smallest absolute Gasteiger partial charge is 0.305 e. The van der Waals surface area contributed by atoms with Crippen molar-refractivity contribution < 1.29 is 18.7 Å². The summed E-state index contributed by atoms with van der Waals surface area (Å²) in [6, 6.07) is 3.77. The molecule has 2 rings (SSSR count). The molecule has 1 aliphatic rings. The largest absolute Gasteiger partial charge is 0.353 e. The fourth-order valence-electron chi connectivity index (χ4n) is 1.23. The van der Waals surface area contributed by atoms with E-state index in [9.17, 15) is 13.9 Å². The van der Waals surface area contributed by atoms with E-state index in [2.05, 4.69) is 9.99 Å². The number of nitrogens with zero attached hydrogens (tertiary/aromatic N) is 1. The molecule has 1 aromatic rings. The second-order valence-corrected chi connectivity index (χ2v) is 4.32. The number of oxime groups is 1. The Kier molecular flexibility index (Phi) is 3.02. The van der Waals surface area contributed by atoms with Crippen molar-refractivity contribution in [2.24, 2.45) is 5.16 Å². The Hall–Kier alpha value is -1.27. The second-order valence-electron chi connectivity index (χ2n) is 3.34. The summed E-state index contributed by atoms with van der Waals surface area (Å²) in [6.45, 7) is 0. The third kappa shape index (κ3) is 2.28. The van der Waals surface area contributed by atoms with Gasteiger partial charge in [-0.2, -0.15) is 0 Å². The van der Waals surface area contributed by atoms with E-state index in [0.717, 1.165) is 4.88 Å². The summed E-state index contributed by atoms with van der Waals surface area (Å²) in [6.07, 6.45) is 0.0342. The highest BCUT2D eigenvalue weighted by Gasteiger charge is 2.45. The fraction of sp³-hybridized carbons (Fsp3) is 0.300. The molecule has 0 aromatic carbocycles. The molecule has 2 heterocycles. The molecule has 0 amide bonds. The molecule has 1 aliphatic heterocycles. The predicted octanol–water partition coefficient (Wildman–Crippen LogP) is 2.49. The number of halogens is 2. The normalized spacial score (nSPS) is 25.1. The average Bonchev–Trinajstić information content (AvgIpc) is 2.85. The van der Waals surface area contributed by atoms with Gasteiger partial charge in [0.2, 0.25) is 0 Å². The molecule has 1 N–H and O–H groups in total. The summed E-state index contributed by atoms with van der Waals surface area (Å²) in [5.41, 5.74) is 0.302. The van der Waals surface area contributed by atoms with E-state index in [0.29, 0.717) is 5.71 Å². The first kappa shape index (κ1) is 11.2. The van der Waals surface area contributed by atoms with Crippen LogP contribution in [0.15, 0.2) is 28.7 Å². The first-order valence-electron chi connectivity index (χ1n) is 4.57. The third-order valence-electron chi connectivity index (χ3n) is 2.08. The summed E-state index contributed by atoms with van der Waals surface area (Å²) in [5, 5.41) is 14.6. The zero-order chi connectivity index (χ0) is 11.6. The topological polar surface area (TPSA) is 41.8 Å². The number of allylic oxidation sites excluding steroid dienone is 1. The maximum Gasteiger partial charge on any atom is 0.305 e. The Labute approximate surface area is 94.7 Å². The first-order chi connectivity index (χ1) is 7.60. The lowest BCUT2D eigenvalue weighted by molar-refractivity contribution is -0.253. The summed E-state index contributed by atoms with van der Waals surface area (Å²) in [5.74, 6) is -2.46. The Morgan fingerprint density at radius 1 is 1.56 bits per heavy atom. The van der Waals surface area contributed by atoms with Gasteiger partial charge in [-0.3, -0.25) is 0 Å². The number of hydrogen-bond donors (Lipinski definition) is 1. The van der Waals surface area contributed by atoms with Gasteiger partial charge in [-0.15, -0.1) is 11.3 Å². The van der Waals surface area contributed by atoms with Gasteiger partial charge < -0.3 is 9.94 Å². The van der Waals surface area contributed by atoms with Crippen molar-refractivity contribution in [3.63, 3.8) is 0 Å². The van der Waals surface area contributed by atoms with Crippen molar-refractivity contribution in [2.45, 2.75) is 18.6 Å². The van der Waals surface area contributed by atoms with Gasteiger partial charge in [0.15, 0.2) is 0 Å². The van der Waals surface area contributed by atoms with Gasteiger partial charge in [-0.25, -0.2) is 8.78 Å². The third-order valence-corrected chi connectivity index (χ3v) is 2.92. The molecule has 0 unspecified atom stereocenters. The molecule has 6 heteroatoms. The Morgan fingerprint density at radius 2 is 2.38 bits per heavy atom. The van der Waals surface area contributed by atoms with Crippen molar-refractivity contribution in [3.05, 3.63) is 28.5 Å². The fourth-order valence-corrected chi connectivity index (χ4v) is 1.85. The Balaban J connectivity index is 1.99. The molecule has 3 nitrogen and oxygen atoms in total. The highest BCUT2D eigenvalue weighted by molar-refractivity contribution is 7.10. The van der Waals surface area contributed by atoms with Crippen molar-refractivity contribution in [1.82, 2.24) is 0 Å². The highest BCUT2D eigenvalue weighted by Crippen LogP contribution is 2.28. The van der Waals surface area contributed by atoms with Gasteiger partial charge in [0, 0.05) is 4.88 Å². The molecule has 1 aromatic heterocycles. The van der Waals surface area contributed by atoms with Crippen LogP contribution in [0.5, 0.6) is 0 Å². The molecule has 86 valence electrons. The van der Waals surface area contributed by atoms with E-state index in [4.69, 9.17) is 0 Å². The number of thiophene rings is 1. The number of alkyl halides is 2. The molecule has 0 aliphatic carbocycles. The maximum atomic E-state index is 12.3. The SMILES string of the molecule is O[C@@]1(C(F)F)CC(/C=C\c2cccs2)=NO1. The van der Waals surface area contributed by atoms with E-state index in [1.54, 1.807) is 12.2 Å². The summed E-state index contributed by atoms with van der Waals surface area (Å²) in [4.78, 5) is 5.31. The minimum absolute atomic E-state index is 0.299. The molecule has 0 saturated heterocycles. The Morgan fingerprint density at radius 3 is 2.94 bits per heavy atom. The minimum atomic E-state index is -2.97. The van der Waals surface area contributed by atoms with Gasteiger partial charge in [-0.05, 0) is 23.6 Å². The first-order valence-corrected chi connectivity index (χ1v) is 5.45. The van der Waals surface area contributed by atoms with E-state index < -0.39 is 12.2 Å². The lowest BCUT2D eigenvalue weighted by Crippen LogP contribution is -2.36. The molecule has 0 radical (unpaired) electrons. The molecule has 16 heavy (non-hydrogen) atoms. The van der Waals surface area contributed by atoms with Crippen LogP contribution in [0.25, 0.3) is 6.08 Å². The molecular formula is C10H9F2NO2S. The summed E-state index contributed by atoms with van der Waals surface area (Å²) < 4.78 is 24.7. The zero-order valence-electron chi connectivity index (χ0n) is 8.14. The minimum Gasteiger partial charge on any atom is -0.353 e. The van der Waals surface area contributed by atoms with Crippen LogP contribution in [0.4, 0.5) is 8.78 Å². The van der Waals surface area contributed by atoms with Crippen LogP contribution in [0.3, 0.4) is 0 Å². The highest BCUT2D eigenvalue weighted by atomic mass is 32.1. The van der Waals surface area contributed by atoms with Crippen molar-refractivity contribution in [3.8, 4) is 0 Å². The molecule has 1 atom stereocenters. The molecule has 0 bridgehead atoms. The van der Waals surface area contributed by atoms with Crippen LogP contribution >= 0.6 is 11.3 Å². The number of rotatable bonds is 3. The van der Waals surface area contributed by atoms with Crippen LogP contribution < -0.4 is 0 Å². The zero-order valence-corrected chi connectivity index (χ0v) is 8.95. The second kappa shape index (κ2) is 4.31. The van der Waals surface area contributed by atoms with E-state index in [1.807, 2.05) is 17.5 Å². The lowest BCUT2D eigenvalue weighted by atomic mass is 10.1. The van der Waals surface area contributed by atoms with Crippen molar-refractivity contribution >= 4 is 23.1 Å². The number of hydrogen-bond acceptors (Lipinski definition) is 4. The maximum absolute atomic E-state index is 12.3. The van der Waals surface area contributed by atoms with Crippen LogP contribution in [-0.2, 0) is 4.84 Å². The molecular weight excluding hydrogens is 236 g/mol. The van der Waals surface area contributed by atoms with Crippen LogP contribution in [0, 0.1) is 0 Å². The van der Waals surface area contributed by atoms with E-state index >= 15 is 0 Å². The number of aliphatic hydroxyl groups is 1. The molecule has 0 spiro atoms. The van der Waals surface area contributed by atoms with E-state index in [-0.39, 0.29) is 6.42 Å². The van der Waals surface area contributed by atoms with E-state index in [1.165, 1.54) is 11.3 Å². The lowest BCUT2D eigenvalue weighted by Gasteiger charge is -2.17. The molecule has 0 fully saturated rings. The van der Waals surface area contributed by atoms with Gasteiger partial charge in [0.25, 0.3) is 0 Å². The standard InChI is InChI=1S/C10H9F2NO2S/c11-9(12)10(14)6-7(13-15-10)3-4-8-2-1-5-16-8/h1-5,9,14H,6H2/b4-3-/t10-/m0/s1. The quantitative estimate of drug-likeness (QED) is 0.888. The van der Waals surface area contributed by atoms with Crippen molar-refractivity contribution in [2.75, 3.05) is 0 Å².